The van der Waals surface area contributed by atoms with Gasteiger partial charge in [-0.15, -0.1) is 0 Å². The predicted octanol–water partition coefficient (Wildman–Crippen LogP) is 7.54. The molecule has 0 unspecified atom stereocenters. The van der Waals surface area contributed by atoms with Gasteiger partial charge in [0.25, 0.3) is 0 Å². The van der Waals surface area contributed by atoms with Crippen LogP contribution in [0.25, 0.3) is 0 Å². The van der Waals surface area contributed by atoms with Crippen molar-refractivity contribution < 1.29 is 9.22 Å². The lowest BCUT2D eigenvalue weighted by Gasteiger charge is -2.58. The molecule has 4 rings (SSSR count). The zero-order chi connectivity index (χ0) is 22.1. The van der Waals surface area contributed by atoms with Gasteiger partial charge in [0.15, 0.2) is 8.32 Å². The highest BCUT2D eigenvalue weighted by molar-refractivity contribution is 6.74. The van der Waals surface area contributed by atoms with Gasteiger partial charge in [0.2, 0.25) is 0 Å². The van der Waals surface area contributed by atoms with Crippen molar-refractivity contribution in [3.63, 3.8) is 0 Å². The Kier molecular flexibility index (Phi) is 5.54. The number of carbonyl (C=O) groups excluding carboxylic acids is 1. The van der Waals surface area contributed by atoms with Crippen molar-refractivity contribution in [3.8, 4) is 0 Å². The molecule has 7 atom stereocenters. The summed E-state index contributed by atoms with van der Waals surface area (Å²) >= 11 is 0. The Labute approximate surface area is 186 Å². The lowest BCUT2D eigenvalue weighted by Crippen LogP contribution is -2.52. The number of hydrogen-bond donors (Lipinski definition) is 0. The van der Waals surface area contributed by atoms with Crippen LogP contribution >= 0.6 is 0 Å². The fourth-order valence-corrected chi connectivity index (χ4v) is 9.15. The molecule has 0 aromatic rings. The van der Waals surface area contributed by atoms with E-state index in [1.807, 2.05) is 0 Å². The molecular weight excluding hydrogens is 384 g/mol. The highest BCUT2D eigenvalue weighted by Crippen LogP contribution is 2.65. The Morgan fingerprint density at radius 1 is 1.10 bits per heavy atom. The van der Waals surface area contributed by atoms with Gasteiger partial charge in [-0.05, 0) is 85.7 Å². The van der Waals surface area contributed by atoms with E-state index in [2.05, 4.69) is 60.7 Å². The topological polar surface area (TPSA) is 26.3 Å². The third-order valence-electron chi connectivity index (χ3n) is 10.7. The molecule has 0 bridgehead atoms. The number of Topliss-reactive ketones (excluding diaryl/α,β-unsaturated/α-hetero) is 1. The zero-order valence-electron chi connectivity index (χ0n) is 20.9. The van der Waals surface area contributed by atoms with Gasteiger partial charge in [0.05, 0.1) is 0 Å². The molecule has 3 heteroatoms. The van der Waals surface area contributed by atoms with E-state index in [9.17, 15) is 4.79 Å². The second-order valence-electron chi connectivity index (χ2n) is 13.2. The molecule has 0 radical (unpaired) electrons. The Balaban J connectivity index is 1.57. The molecular formula is C27H46O2Si. The van der Waals surface area contributed by atoms with Gasteiger partial charge < -0.3 is 4.43 Å². The summed E-state index contributed by atoms with van der Waals surface area (Å²) < 4.78 is 6.86. The Hall–Kier alpha value is -0.413. The van der Waals surface area contributed by atoms with Crippen LogP contribution in [-0.4, -0.2) is 20.2 Å². The minimum Gasteiger partial charge on any atom is -0.414 e. The number of carbonyl (C=O) groups is 1. The van der Waals surface area contributed by atoms with Crippen LogP contribution in [0.1, 0.15) is 92.9 Å². The van der Waals surface area contributed by atoms with Crippen molar-refractivity contribution >= 4 is 14.1 Å². The van der Waals surface area contributed by atoms with Gasteiger partial charge in [-0.2, -0.15) is 0 Å². The summed E-state index contributed by atoms with van der Waals surface area (Å²) in [5.41, 5.74) is 1.99. The average Bonchev–Trinajstić information content (AvgIpc) is 2.91. The van der Waals surface area contributed by atoms with Crippen LogP contribution in [0.2, 0.25) is 18.1 Å². The molecule has 4 aliphatic carbocycles. The van der Waals surface area contributed by atoms with Crippen molar-refractivity contribution in [2.24, 2.45) is 34.5 Å². The SMILES string of the molecule is CC[C@@H]1CC(=O)[C@@]2(C)CC[C@H]3[C@@H](CC=C4C[C@@H](O[Si](C)(C)C(C)(C)C)CC[C@@]43C)[C@H]12. The number of ketones is 1. The first kappa shape index (κ1) is 22.8. The third kappa shape index (κ3) is 3.32. The van der Waals surface area contributed by atoms with Crippen LogP contribution in [0.15, 0.2) is 11.6 Å². The van der Waals surface area contributed by atoms with E-state index in [4.69, 9.17) is 4.43 Å². The lowest BCUT2D eigenvalue weighted by atomic mass is 9.47. The van der Waals surface area contributed by atoms with E-state index in [1.165, 1.54) is 32.1 Å². The van der Waals surface area contributed by atoms with Crippen LogP contribution in [0, 0.1) is 34.5 Å². The molecule has 2 nitrogen and oxygen atoms in total. The van der Waals surface area contributed by atoms with Crippen molar-refractivity contribution in [3.05, 3.63) is 11.6 Å². The normalized spacial score (nSPS) is 44.2. The highest BCUT2D eigenvalue weighted by atomic mass is 28.4. The Bertz CT molecular complexity index is 732. The Morgan fingerprint density at radius 3 is 2.40 bits per heavy atom. The first-order valence-electron chi connectivity index (χ1n) is 12.7. The monoisotopic (exact) mass is 430 g/mol. The maximum atomic E-state index is 13.0. The summed E-state index contributed by atoms with van der Waals surface area (Å²) in [6.45, 7) is 19.0. The smallest absolute Gasteiger partial charge is 0.192 e. The summed E-state index contributed by atoms with van der Waals surface area (Å²) in [6, 6.07) is 0. The molecule has 0 saturated heterocycles. The fourth-order valence-electron chi connectivity index (χ4n) is 7.77. The number of rotatable bonds is 3. The number of allylic oxidation sites excluding steroid dienone is 1. The fraction of sp³-hybridized carbons (Fsp3) is 0.889. The quantitative estimate of drug-likeness (QED) is 0.341. The lowest BCUT2D eigenvalue weighted by molar-refractivity contribution is -0.132. The van der Waals surface area contributed by atoms with Gasteiger partial charge in [-0.3, -0.25) is 4.79 Å². The molecule has 0 aliphatic heterocycles. The molecule has 0 amide bonds. The molecule has 0 aromatic heterocycles. The minimum atomic E-state index is -1.72. The highest BCUT2D eigenvalue weighted by Gasteiger charge is 2.61. The van der Waals surface area contributed by atoms with E-state index in [1.54, 1.807) is 5.57 Å². The van der Waals surface area contributed by atoms with Crippen molar-refractivity contribution in [1.29, 1.82) is 0 Å². The summed E-state index contributed by atoms with van der Waals surface area (Å²) in [4.78, 5) is 13.0. The molecule has 0 heterocycles. The molecule has 0 spiro atoms. The predicted molar refractivity (Wildman–Crippen MR) is 128 cm³/mol. The molecule has 170 valence electrons. The summed E-state index contributed by atoms with van der Waals surface area (Å²) in [5, 5.41) is 0.276. The summed E-state index contributed by atoms with van der Waals surface area (Å²) in [7, 11) is -1.72. The molecule has 30 heavy (non-hydrogen) atoms. The third-order valence-corrected chi connectivity index (χ3v) is 15.2. The van der Waals surface area contributed by atoms with Crippen molar-refractivity contribution in [1.82, 2.24) is 0 Å². The maximum Gasteiger partial charge on any atom is 0.192 e. The van der Waals surface area contributed by atoms with Crippen LogP contribution in [-0.2, 0) is 9.22 Å². The molecule has 3 saturated carbocycles. The summed E-state index contributed by atoms with van der Waals surface area (Å²) in [5.74, 6) is 3.29. The van der Waals surface area contributed by atoms with Gasteiger partial charge in [0.1, 0.15) is 5.78 Å². The molecule has 3 fully saturated rings. The molecule has 4 aliphatic rings. The van der Waals surface area contributed by atoms with Crippen LogP contribution in [0.3, 0.4) is 0 Å². The Morgan fingerprint density at radius 2 is 1.77 bits per heavy atom. The van der Waals surface area contributed by atoms with E-state index >= 15 is 0 Å². The van der Waals surface area contributed by atoms with Crippen LogP contribution < -0.4 is 0 Å². The largest absolute Gasteiger partial charge is 0.414 e. The van der Waals surface area contributed by atoms with Crippen molar-refractivity contribution in [2.45, 2.75) is 117 Å². The first-order valence-corrected chi connectivity index (χ1v) is 15.6. The van der Waals surface area contributed by atoms with E-state index in [-0.39, 0.29) is 10.5 Å². The van der Waals surface area contributed by atoms with E-state index < -0.39 is 8.32 Å². The summed E-state index contributed by atoms with van der Waals surface area (Å²) in [6.07, 6.45) is 12.2. The second-order valence-corrected chi connectivity index (χ2v) is 17.9. The second kappa shape index (κ2) is 7.30. The molecule has 0 N–H and O–H groups in total. The van der Waals surface area contributed by atoms with Gasteiger partial charge >= 0.3 is 0 Å². The van der Waals surface area contributed by atoms with Crippen LogP contribution in [0.4, 0.5) is 0 Å². The molecule has 0 aromatic carbocycles. The minimum absolute atomic E-state index is 0.0355. The zero-order valence-corrected chi connectivity index (χ0v) is 21.9. The maximum absolute atomic E-state index is 13.0. The van der Waals surface area contributed by atoms with Gasteiger partial charge in [-0.25, -0.2) is 0 Å². The van der Waals surface area contributed by atoms with E-state index in [0.29, 0.717) is 35.1 Å². The number of fused-ring (bicyclic) bond motifs is 5. The average molecular weight is 431 g/mol. The van der Waals surface area contributed by atoms with E-state index in [0.717, 1.165) is 25.2 Å². The van der Waals surface area contributed by atoms with Crippen LogP contribution in [0.5, 0.6) is 0 Å². The first-order chi connectivity index (χ1) is 13.8. The van der Waals surface area contributed by atoms with Gasteiger partial charge in [0, 0.05) is 17.9 Å². The van der Waals surface area contributed by atoms with Crippen molar-refractivity contribution in [2.75, 3.05) is 0 Å². The number of hydrogen-bond acceptors (Lipinski definition) is 2. The standard InChI is InChI=1S/C27H46O2Si/c1-9-18-16-23(28)27(6)15-13-22-21(24(18)27)11-10-19-17-20(12-14-26(19,22)5)29-30(7,8)25(2,3)4/h10,18,20-22,24H,9,11-17H2,1-8H3/t18-,20+,21-,22+,24+,26+,27-/m1/s1. The van der Waals surface area contributed by atoms with Gasteiger partial charge in [-0.1, -0.05) is 59.6 Å².